The van der Waals surface area contributed by atoms with Crippen molar-refractivity contribution >= 4 is 11.8 Å². The van der Waals surface area contributed by atoms with Crippen molar-refractivity contribution in [1.82, 2.24) is 14.7 Å². The number of furan rings is 1. The highest BCUT2D eigenvalue weighted by Crippen LogP contribution is 2.33. The van der Waals surface area contributed by atoms with E-state index >= 15 is 0 Å². The van der Waals surface area contributed by atoms with Crippen LogP contribution in [0.1, 0.15) is 21.7 Å². The minimum atomic E-state index is -0.617. The van der Waals surface area contributed by atoms with Crippen LogP contribution in [0.3, 0.4) is 0 Å². The monoisotopic (exact) mass is 523 g/mol. The lowest BCUT2D eigenvalue weighted by Crippen LogP contribution is -2.47. The molecule has 1 saturated heterocycles. The highest BCUT2D eigenvalue weighted by molar-refractivity contribution is 5.96. The molecular weight excluding hydrogens is 493 g/mol. The Balaban J connectivity index is 1.35. The largest absolute Gasteiger partial charge is 0.467 e. The Bertz CT molecular complexity index is 1250. The Labute approximate surface area is 220 Å². The molecule has 0 aliphatic carbocycles. The molecule has 2 amide bonds. The smallest absolute Gasteiger partial charge is 0.257 e. The summed E-state index contributed by atoms with van der Waals surface area (Å²) in [6.07, 6.45) is 1.55. The normalized spacial score (nSPS) is 14.9. The first-order chi connectivity index (χ1) is 18.6. The van der Waals surface area contributed by atoms with Gasteiger partial charge in [0.05, 0.1) is 31.6 Å². The predicted molar refractivity (Wildman–Crippen MR) is 135 cm³/mol. The number of carbonyl (C=O) groups excluding carboxylic acids is 2. The second-order valence-corrected chi connectivity index (χ2v) is 9.18. The van der Waals surface area contributed by atoms with Crippen molar-refractivity contribution in [3.63, 3.8) is 0 Å². The van der Waals surface area contributed by atoms with Crippen molar-refractivity contribution in [1.29, 1.82) is 0 Å². The van der Waals surface area contributed by atoms with Gasteiger partial charge in [0.15, 0.2) is 11.5 Å². The number of halogens is 1. The topological polar surface area (TPSA) is 84.7 Å². The highest BCUT2D eigenvalue weighted by atomic mass is 19.1. The quantitative estimate of drug-likeness (QED) is 0.404. The van der Waals surface area contributed by atoms with E-state index in [9.17, 15) is 14.0 Å². The van der Waals surface area contributed by atoms with E-state index in [1.807, 2.05) is 18.2 Å². The molecule has 10 heteroatoms. The van der Waals surface area contributed by atoms with Crippen LogP contribution < -0.4 is 9.47 Å². The molecule has 9 nitrogen and oxygen atoms in total. The molecule has 3 aromatic rings. The lowest BCUT2D eigenvalue weighted by Gasteiger charge is -2.31. The number of morpholine rings is 1. The molecule has 200 valence electrons. The van der Waals surface area contributed by atoms with Crippen molar-refractivity contribution in [2.45, 2.75) is 13.1 Å². The van der Waals surface area contributed by atoms with Gasteiger partial charge in [-0.1, -0.05) is 18.2 Å². The fourth-order valence-corrected chi connectivity index (χ4v) is 4.49. The molecule has 2 aliphatic heterocycles. The number of carbonyl (C=O) groups is 2. The summed E-state index contributed by atoms with van der Waals surface area (Å²) in [5.74, 6) is 0.460. The van der Waals surface area contributed by atoms with Crippen molar-refractivity contribution in [3.05, 3.63) is 83.6 Å². The third kappa shape index (κ3) is 6.32. The minimum absolute atomic E-state index is 0.0596. The van der Waals surface area contributed by atoms with Crippen LogP contribution >= 0.6 is 0 Å². The molecule has 2 aliphatic rings. The van der Waals surface area contributed by atoms with Crippen LogP contribution in [-0.4, -0.2) is 79.2 Å². The number of amides is 2. The molecule has 0 radical (unpaired) electrons. The Hall–Kier alpha value is -3.89. The van der Waals surface area contributed by atoms with Crippen LogP contribution in [0.25, 0.3) is 0 Å². The highest BCUT2D eigenvalue weighted by Gasteiger charge is 2.26. The summed E-state index contributed by atoms with van der Waals surface area (Å²) in [6, 6.07) is 14.9. The summed E-state index contributed by atoms with van der Waals surface area (Å²) >= 11 is 0. The molecule has 1 fully saturated rings. The second-order valence-electron chi connectivity index (χ2n) is 9.18. The number of hydrogen-bond acceptors (Lipinski definition) is 7. The van der Waals surface area contributed by atoms with Crippen molar-refractivity contribution in [3.8, 4) is 11.5 Å². The summed E-state index contributed by atoms with van der Waals surface area (Å²) in [6.45, 7) is 3.97. The van der Waals surface area contributed by atoms with E-state index in [0.29, 0.717) is 37.0 Å². The van der Waals surface area contributed by atoms with Crippen molar-refractivity contribution < 1.29 is 32.6 Å². The van der Waals surface area contributed by atoms with Crippen LogP contribution in [0, 0.1) is 5.82 Å². The third-order valence-corrected chi connectivity index (χ3v) is 6.60. The molecule has 38 heavy (non-hydrogen) atoms. The second kappa shape index (κ2) is 12.1. The van der Waals surface area contributed by atoms with Gasteiger partial charge in [-0.05, 0) is 42.0 Å². The van der Waals surface area contributed by atoms with E-state index < -0.39 is 11.7 Å². The zero-order chi connectivity index (χ0) is 26.3. The standard InChI is InChI=1S/C28H30FN3O6/c29-24-6-2-1-5-23(24)28(34)31(10-9-30-11-14-35-15-12-30)19-27(33)32(18-22-4-3-13-36-22)17-21-7-8-25-26(16-21)38-20-37-25/h1-8,13,16H,9-12,14-15,17-20H2. The first kappa shape index (κ1) is 25.7. The van der Waals surface area contributed by atoms with Gasteiger partial charge in [-0.15, -0.1) is 0 Å². The molecule has 3 heterocycles. The number of ether oxygens (including phenoxy) is 3. The summed E-state index contributed by atoms with van der Waals surface area (Å²) in [5.41, 5.74) is 0.782. The van der Waals surface area contributed by atoms with Gasteiger partial charge in [0.2, 0.25) is 12.7 Å². The first-order valence-corrected chi connectivity index (χ1v) is 12.6. The van der Waals surface area contributed by atoms with Crippen LogP contribution in [0.5, 0.6) is 11.5 Å². The zero-order valence-corrected chi connectivity index (χ0v) is 21.0. The number of rotatable bonds is 10. The first-order valence-electron chi connectivity index (χ1n) is 12.6. The maximum absolute atomic E-state index is 14.5. The van der Waals surface area contributed by atoms with Gasteiger partial charge in [0.1, 0.15) is 18.1 Å². The zero-order valence-electron chi connectivity index (χ0n) is 21.0. The van der Waals surface area contributed by atoms with Gasteiger partial charge in [-0.3, -0.25) is 14.5 Å². The lowest BCUT2D eigenvalue weighted by atomic mass is 10.1. The van der Waals surface area contributed by atoms with Crippen molar-refractivity contribution in [2.24, 2.45) is 0 Å². The molecule has 0 atom stereocenters. The Kier molecular flexibility index (Phi) is 8.20. The van der Waals surface area contributed by atoms with E-state index in [1.165, 1.54) is 23.1 Å². The van der Waals surface area contributed by atoms with E-state index in [1.54, 1.807) is 29.4 Å². The number of hydrogen-bond donors (Lipinski definition) is 0. The maximum atomic E-state index is 14.5. The molecule has 0 unspecified atom stereocenters. The average Bonchev–Trinajstić information content (AvgIpc) is 3.63. The fraction of sp³-hybridized carbons (Fsp3) is 0.357. The van der Waals surface area contributed by atoms with E-state index in [4.69, 9.17) is 18.6 Å². The minimum Gasteiger partial charge on any atom is -0.467 e. The Morgan fingerprint density at radius 2 is 1.74 bits per heavy atom. The average molecular weight is 524 g/mol. The Morgan fingerprint density at radius 3 is 2.53 bits per heavy atom. The molecule has 0 bridgehead atoms. The van der Waals surface area contributed by atoms with Gasteiger partial charge in [0.25, 0.3) is 5.91 Å². The van der Waals surface area contributed by atoms with E-state index in [2.05, 4.69) is 4.90 Å². The van der Waals surface area contributed by atoms with E-state index in [-0.39, 0.29) is 44.4 Å². The molecule has 0 N–H and O–H groups in total. The number of benzene rings is 2. The number of fused-ring (bicyclic) bond motifs is 1. The lowest BCUT2D eigenvalue weighted by molar-refractivity contribution is -0.133. The van der Waals surface area contributed by atoms with Gasteiger partial charge in [-0.25, -0.2) is 4.39 Å². The molecular formula is C28H30FN3O6. The molecule has 0 spiro atoms. The SMILES string of the molecule is O=C(CN(CCN1CCOCC1)C(=O)c1ccccc1F)N(Cc1ccc2c(c1)OCO2)Cc1ccco1. The van der Waals surface area contributed by atoms with E-state index in [0.717, 1.165) is 18.7 Å². The summed E-state index contributed by atoms with van der Waals surface area (Å²) in [4.78, 5) is 32.3. The summed E-state index contributed by atoms with van der Waals surface area (Å²) in [7, 11) is 0. The van der Waals surface area contributed by atoms with Crippen LogP contribution in [0.15, 0.2) is 65.3 Å². The van der Waals surface area contributed by atoms with Crippen LogP contribution in [-0.2, 0) is 22.6 Å². The maximum Gasteiger partial charge on any atom is 0.257 e. The predicted octanol–water partition coefficient (Wildman–Crippen LogP) is 3.15. The van der Waals surface area contributed by atoms with Crippen LogP contribution in [0.2, 0.25) is 0 Å². The van der Waals surface area contributed by atoms with Gasteiger partial charge >= 0.3 is 0 Å². The molecule has 1 aromatic heterocycles. The molecule has 2 aromatic carbocycles. The Morgan fingerprint density at radius 1 is 0.921 bits per heavy atom. The summed E-state index contributed by atoms with van der Waals surface area (Å²) in [5, 5.41) is 0. The van der Waals surface area contributed by atoms with Gasteiger partial charge < -0.3 is 28.4 Å². The third-order valence-electron chi connectivity index (χ3n) is 6.60. The van der Waals surface area contributed by atoms with Gasteiger partial charge in [0, 0.05) is 32.7 Å². The molecule has 5 rings (SSSR count). The van der Waals surface area contributed by atoms with Crippen LogP contribution in [0.4, 0.5) is 4.39 Å². The fourth-order valence-electron chi connectivity index (χ4n) is 4.49. The summed E-state index contributed by atoms with van der Waals surface area (Å²) < 4.78 is 36.3. The van der Waals surface area contributed by atoms with Crippen molar-refractivity contribution in [2.75, 3.05) is 52.7 Å². The number of nitrogens with zero attached hydrogens (tertiary/aromatic N) is 3. The van der Waals surface area contributed by atoms with Gasteiger partial charge in [-0.2, -0.15) is 0 Å². The molecule has 0 saturated carbocycles.